The topological polar surface area (TPSA) is 0 Å². The predicted molar refractivity (Wildman–Crippen MR) is 5.75 cm³/mol. The van der Waals surface area contributed by atoms with Crippen LogP contribution in [0.3, 0.4) is 0 Å². The number of rotatable bonds is 0. The van der Waals surface area contributed by atoms with Crippen LogP contribution >= 0.6 is 0 Å². The molecule has 5 heteroatoms. The fourth-order valence-corrected chi connectivity index (χ4v) is 0. The van der Waals surface area contributed by atoms with Gasteiger partial charge in [0.25, 0.3) is 0 Å². The third kappa shape index (κ3) is 117. The maximum atomic E-state index is 0. The molecular formula is F4Mg-2. The van der Waals surface area contributed by atoms with E-state index in [1.165, 1.54) is 0 Å². The van der Waals surface area contributed by atoms with E-state index in [1.807, 2.05) is 0 Å². The van der Waals surface area contributed by atoms with Gasteiger partial charge in [-0.25, -0.2) is 0 Å². The van der Waals surface area contributed by atoms with Crippen molar-refractivity contribution >= 4 is 23.1 Å². The van der Waals surface area contributed by atoms with E-state index in [9.17, 15) is 0 Å². The van der Waals surface area contributed by atoms with Crippen molar-refractivity contribution in [1.29, 1.82) is 0 Å². The van der Waals surface area contributed by atoms with E-state index in [4.69, 9.17) is 0 Å². The number of hydrogen-bond acceptors (Lipinski definition) is 0. The van der Waals surface area contributed by atoms with Crippen molar-refractivity contribution in [3.63, 3.8) is 0 Å². The van der Waals surface area contributed by atoms with Gasteiger partial charge in [-0.15, -0.1) is 0 Å². The maximum Gasteiger partial charge on any atom is 2.00 e. The Morgan fingerprint density at radius 1 is 0.400 bits per heavy atom. The smallest absolute Gasteiger partial charge is 1.00 e. The molecule has 0 spiro atoms. The summed E-state index contributed by atoms with van der Waals surface area (Å²) in [6.45, 7) is 0. The zero-order valence-corrected chi connectivity index (χ0v) is 3.63. The van der Waals surface area contributed by atoms with Crippen LogP contribution in [0.2, 0.25) is 0 Å². The quantitative estimate of drug-likeness (QED) is 0.209. The molecule has 32 valence electrons. The van der Waals surface area contributed by atoms with Crippen molar-refractivity contribution in [3.05, 3.63) is 0 Å². The van der Waals surface area contributed by atoms with Gasteiger partial charge in [0, 0.05) is 0 Å². The fourth-order valence-electron chi connectivity index (χ4n) is 0. The summed E-state index contributed by atoms with van der Waals surface area (Å²) in [5, 5.41) is 0. The van der Waals surface area contributed by atoms with E-state index in [0.717, 1.165) is 0 Å². The van der Waals surface area contributed by atoms with Crippen LogP contribution in [0.5, 0.6) is 0 Å². The third-order valence-electron chi connectivity index (χ3n) is 0. The van der Waals surface area contributed by atoms with Gasteiger partial charge in [0.05, 0.1) is 0 Å². The molecule has 0 N–H and O–H groups in total. The van der Waals surface area contributed by atoms with E-state index in [2.05, 4.69) is 0 Å². The standard InChI is InChI=1S/4FH.Mg/h4*1H;/q;;;;+2/p-4. The Balaban J connectivity index is 0. The summed E-state index contributed by atoms with van der Waals surface area (Å²) < 4.78 is 0. The van der Waals surface area contributed by atoms with Gasteiger partial charge in [0.1, 0.15) is 0 Å². The minimum absolute atomic E-state index is 0. The largest absolute Gasteiger partial charge is 2.00 e. The molecule has 0 aliphatic heterocycles. The second-order valence-corrected chi connectivity index (χ2v) is 0. The molecule has 0 aromatic heterocycles. The summed E-state index contributed by atoms with van der Waals surface area (Å²) in [7, 11) is 0. The molecule has 0 atom stereocenters. The molecule has 0 saturated heterocycles. The molecule has 5 heavy (non-hydrogen) atoms. The molecule has 0 aliphatic rings. The van der Waals surface area contributed by atoms with Gasteiger partial charge < -0.3 is 18.8 Å². The van der Waals surface area contributed by atoms with Gasteiger partial charge >= 0.3 is 23.1 Å². The molecule has 0 nitrogen and oxygen atoms in total. The molecule has 0 fully saturated rings. The van der Waals surface area contributed by atoms with E-state index >= 15 is 0 Å². The maximum absolute atomic E-state index is 0. The Kier molecular flexibility index (Phi) is 21500. The second kappa shape index (κ2) is 231. The van der Waals surface area contributed by atoms with Crippen LogP contribution in [0.4, 0.5) is 0 Å². The van der Waals surface area contributed by atoms with Crippen molar-refractivity contribution in [2.24, 2.45) is 0 Å². The van der Waals surface area contributed by atoms with Crippen LogP contribution in [-0.2, 0) is 0 Å². The first-order valence-electron chi connectivity index (χ1n) is 0. The fraction of sp³-hybridized carbons (Fsp3) is 0. The molecule has 0 amide bonds. The minimum Gasteiger partial charge on any atom is -1.00 e. The Morgan fingerprint density at radius 2 is 0.400 bits per heavy atom. The first-order valence-corrected chi connectivity index (χ1v) is 0. The molecule has 0 aromatic carbocycles. The predicted octanol–water partition coefficient (Wildman–Crippen LogP) is -12.4. The zero-order valence-electron chi connectivity index (χ0n) is 2.22. The Morgan fingerprint density at radius 3 is 0.400 bits per heavy atom. The second-order valence-electron chi connectivity index (χ2n) is 0. The summed E-state index contributed by atoms with van der Waals surface area (Å²) in [4.78, 5) is 0. The van der Waals surface area contributed by atoms with Crippen molar-refractivity contribution < 1.29 is 18.8 Å². The summed E-state index contributed by atoms with van der Waals surface area (Å²) in [6.07, 6.45) is 0. The molecule has 0 aliphatic carbocycles. The van der Waals surface area contributed by atoms with Crippen molar-refractivity contribution in [3.8, 4) is 0 Å². The van der Waals surface area contributed by atoms with Crippen LogP contribution in [0, 0.1) is 0 Å². The van der Waals surface area contributed by atoms with E-state index < -0.39 is 0 Å². The average molecular weight is 100 g/mol. The Bertz CT molecular complexity index is 3.61. The van der Waals surface area contributed by atoms with Gasteiger partial charge in [-0.1, -0.05) is 0 Å². The van der Waals surface area contributed by atoms with Crippen LogP contribution in [-0.4, -0.2) is 23.1 Å². The summed E-state index contributed by atoms with van der Waals surface area (Å²) in [6, 6.07) is 0. The molecule has 0 unspecified atom stereocenters. The van der Waals surface area contributed by atoms with Crippen LogP contribution in [0.15, 0.2) is 0 Å². The van der Waals surface area contributed by atoms with E-state index in [0.29, 0.717) is 0 Å². The van der Waals surface area contributed by atoms with Crippen LogP contribution in [0.25, 0.3) is 0 Å². The zero-order chi connectivity index (χ0) is 0. The monoisotopic (exact) mass is 100.0 g/mol. The van der Waals surface area contributed by atoms with Crippen molar-refractivity contribution in [2.75, 3.05) is 0 Å². The Hall–Kier alpha value is 0.486. The molecular weight excluding hydrogens is 100 g/mol. The normalized spacial score (nSPS) is 0. The molecule has 0 heterocycles. The van der Waals surface area contributed by atoms with Crippen LogP contribution < -0.4 is 18.8 Å². The molecule has 0 aromatic rings. The van der Waals surface area contributed by atoms with Crippen LogP contribution in [0.1, 0.15) is 0 Å². The van der Waals surface area contributed by atoms with Crippen molar-refractivity contribution in [1.82, 2.24) is 0 Å². The van der Waals surface area contributed by atoms with E-state index in [1.54, 1.807) is 0 Å². The molecule has 0 radical (unpaired) electrons. The average Bonchev–Trinajstić information content (AvgIpc) is 0. The van der Waals surface area contributed by atoms with Crippen molar-refractivity contribution in [2.45, 2.75) is 0 Å². The van der Waals surface area contributed by atoms with Gasteiger partial charge in [-0.05, 0) is 0 Å². The Labute approximate surface area is 42.6 Å². The first-order chi connectivity index (χ1) is 0. The number of hydrogen-bond donors (Lipinski definition) is 0. The SMILES string of the molecule is [F-].[F-].[F-].[F-].[Mg+2]. The van der Waals surface area contributed by atoms with Gasteiger partial charge in [-0.3, -0.25) is 0 Å². The summed E-state index contributed by atoms with van der Waals surface area (Å²) in [5.41, 5.74) is 0. The number of halogens is 4. The summed E-state index contributed by atoms with van der Waals surface area (Å²) in [5.74, 6) is 0. The molecule has 0 rings (SSSR count). The van der Waals surface area contributed by atoms with Gasteiger partial charge in [-0.2, -0.15) is 0 Å². The van der Waals surface area contributed by atoms with Gasteiger partial charge in [0.15, 0.2) is 0 Å². The molecule has 0 bridgehead atoms. The third-order valence-corrected chi connectivity index (χ3v) is 0. The van der Waals surface area contributed by atoms with Gasteiger partial charge in [0.2, 0.25) is 0 Å². The summed E-state index contributed by atoms with van der Waals surface area (Å²) >= 11 is 0. The minimum atomic E-state index is 0. The molecule has 0 saturated carbocycles. The van der Waals surface area contributed by atoms with E-state index in [-0.39, 0.29) is 41.9 Å². The first kappa shape index (κ1) is 467.